The van der Waals surface area contributed by atoms with Crippen molar-refractivity contribution < 1.29 is 28.5 Å². The molecule has 1 aliphatic heterocycles. The van der Waals surface area contributed by atoms with Gasteiger partial charge in [0.05, 0.1) is 41.2 Å². The van der Waals surface area contributed by atoms with Crippen molar-refractivity contribution in [2.45, 2.75) is 46.6 Å². The predicted molar refractivity (Wildman–Crippen MR) is 203 cm³/mol. The summed E-state index contributed by atoms with van der Waals surface area (Å²) in [5, 5.41) is 4.98. The number of unbranched alkanes of at least 4 members (excludes halogenated alkanes) is 1. The summed E-state index contributed by atoms with van der Waals surface area (Å²) in [5.74, 6) is 0.108. The van der Waals surface area contributed by atoms with Crippen LogP contribution in [0.15, 0.2) is 107 Å². The molecule has 0 saturated heterocycles. The van der Waals surface area contributed by atoms with Gasteiger partial charge in [-0.15, -0.1) is 0 Å². The van der Waals surface area contributed by atoms with Gasteiger partial charge in [-0.3, -0.25) is 14.2 Å². The van der Waals surface area contributed by atoms with Crippen LogP contribution in [0.4, 0.5) is 0 Å². The maximum absolute atomic E-state index is 14.6. The molecule has 6 rings (SSSR count). The fourth-order valence-corrected chi connectivity index (χ4v) is 7.10. The number of nitrogens with zero attached hydrogens (tertiary/aromatic N) is 4. The lowest BCUT2D eigenvalue weighted by Gasteiger charge is -2.25. The molecule has 1 atom stereocenters. The Morgan fingerprint density at radius 2 is 1.79 bits per heavy atom. The summed E-state index contributed by atoms with van der Waals surface area (Å²) in [6.45, 7) is 11.4. The molecule has 1 unspecified atom stereocenters. The monoisotopic (exact) mass is 732 g/mol. The van der Waals surface area contributed by atoms with Gasteiger partial charge in [0.15, 0.2) is 16.3 Å². The standard InChI is InChI=1S/C41H40N4O7S/c1-7-9-20-50-32-17-15-28(21-25(32)3)37-30(24-44(43-37)31-13-11-10-12-14-31)23-35-39(47)45-38(29-16-18-33(52-27(5)46)34(22-29)49-6)36(40(48)51-19-8-2)26(4)42-41(45)53-35/h8,10-18,21-24,38H,2,7,9,19-20H2,1,3-6H3. The van der Waals surface area contributed by atoms with Gasteiger partial charge in [0.2, 0.25) is 0 Å². The van der Waals surface area contributed by atoms with Gasteiger partial charge < -0.3 is 18.9 Å². The number of hydrogen-bond acceptors (Lipinski definition) is 10. The zero-order chi connectivity index (χ0) is 37.6. The quantitative estimate of drug-likeness (QED) is 0.0604. The number of rotatable bonds is 13. The lowest BCUT2D eigenvalue weighted by atomic mass is 9.95. The van der Waals surface area contributed by atoms with Crippen LogP contribution < -0.4 is 29.1 Å². The molecule has 0 fully saturated rings. The maximum Gasteiger partial charge on any atom is 0.338 e. The molecule has 0 aliphatic carbocycles. The van der Waals surface area contributed by atoms with E-state index in [9.17, 15) is 14.4 Å². The Morgan fingerprint density at radius 1 is 1.02 bits per heavy atom. The van der Waals surface area contributed by atoms with Gasteiger partial charge in [-0.05, 0) is 79.9 Å². The number of benzene rings is 3. The smallest absolute Gasteiger partial charge is 0.338 e. The second-order valence-corrected chi connectivity index (χ2v) is 13.4. The Labute approximate surface area is 310 Å². The third kappa shape index (κ3) is 7.77. The van der Waals surface area contributed by atoms with Gasteiger partial charge in [0, 0.05) is 24.2 Å². The Balaban J connectivity index is 1.52. The summed E-state index contributed by atoms with van der Waals surface area (Å²) >= 11 is 1.21. The van der Waals surface area contributed by atoms with E-state index in [0.29, 0.717) is 38.5 Å². The molecule has 0 radical (unpaired) electrons. The number of aromatic nitrogens is 3. The molecule has 53 heavy (non-hydrogen) atoms. The van der Waals surface area contributed by atoms with Crippen molar-refractivity contribution in [3.63, 3.8) is 0 Å². The molecule has 272 valence electrons. The summed E-state index contributed by atoms with van der Waals surface area (Å²) in [5.41, 5.74) is 4.82. The first kappa shape index (κ1) is 36.8. The van der Waals surface area contributed by atoms with Crippen LogP contribution in [0, 0.1) is 6.92 Å². The number of thiazole rings is 1. The predicted octanol–water partition coefficient (Wildman–Crippen LogP) is 6.24. The van der Waals surface area contributed by atoms with Crippen molar-refractivity contribution in [2.75, 3.05) is 20.3 Å². The first-order chi connectivity index (χ1) is 25.6. The van der Waals surface area contributed by atoms with E-state index in [0.717, 1.165) is 35.4 Å². The van der Waals surface area contributed by atoms with Crippen molar-refractivity contribution in [3.05, 3.63) is 133 Å². The molecule has 0 saturated carbocycles. The topological polar surface area (TPSA) is 123 Å². The minimum absolute atomic E-state index is 0.0268. The number of para-hydroxylation sites is 1. The van der Waals surface area contributed by atoms with Gasteiger partial charge >= 0.3 is 11.9 Å². The minimum Gasteiger partial charge on any atom is -0.493 e. The second-order valence-electron chi connectivity index (χ2n) is 12.4. The maximum atomic E-state index is 14.6. The number of allylic oxidation sites excluding steroid dienone is 1. The van der Waals surface area contributed by atoms with Crippen molar-refractivity contribution in [1.82, 2.24) is 14.3 Å². The van der Waals surface area contributed by atoms with Crippen LogP contribution in [-0.4, -0.2) is 46.6 Å². The zero-order valence-electron chi connectivity index (χ0n) is 30.3. The second kappa shape index (κ2) is 16.1. The van der Waals surface area contributed by atoms with Crippen LogP contribution in [-0.2, 0) is 14.3 Å². The fourth-order valence-electron chi connectivity index (χ4n) is 6.06. The number of hydrogen-bond donors (Lipinski definition) is 0. The molecule has 1 aliphatic rings. The molecular formula is C41H40N4O7S. The number of carbonyl (C=O) groups is 2. The first-order valence-corrected chi connectivity index (χ1v) is 18.0. The normalized spacial score (nSPS) is 14.0. The van der Waals surface area contributed by atoms with Crippen LogP contribution in [0.3, 0.4) is 0 Å². The highest BCUT2D eigenvalue weighted by Gasteiger charge is 2.34. The highest BCUT2D eigenvalue weighted by atomic mass is 32.1. The highest BCUT2D eigenvalue weighted by molar-refractivity contribution is 7.07. The molecule has 0 amide bonds. The summed E-state index contributed by atoms with van der Waals surface area (Å²) in [7, 11) is 1.44. The summed E-state index contributed by atoms with van der Waals surface area (Å²) in [6.07, 6.45) is 7.18. The summed E-state index contributed by atoms with van der Waals surface area (Å²) in [6, 6.07) is 19.7. The number of carbonyl (C=O) groups excluding carboxylic acids is 2. The molecule has 0 spiro atoms. The molecule has 0 N–H and O–H groups in total. The first-order valence-electron chi connectivity index (χ1n) is 17.2. The average molecular weight is 733 g/mol. The van der Waals surface area contributed by atoms with Crippen LogP contribution in [0.2, 0.25) is 0 Å². The molecule has 3 aromatic carbocycles. The Bertz CT molecular complexity index is 2410. The Hall–Kier alpha value is -6.01. The summed E-state index contributed by atoms with van der Waals surface area (Å²) in [4.78, 5) is 45.0. The van der Waals surface area contributed by atoms with Crippen molar-refractivity contribution in [2.24, 2.45) is 4.99 Å². The average Bonchev–Trinajstić information content (AvgIpc) is 3.71. The largest absolute Gasteiger partial charge is 0.493 e. The number of fused-ring (bicyclic) bond motifs is 1. The molecule has 3 heterocycles. The van der Waals surface area contributed by atoms with E-state index < -0.39 is 18.0 Å². The molecular weight excluding hydrogens is 693 g/mol. The zero-order valence-corrected chi connectivity index (χ0v) is 31.1. The molecule has 0 bridgehead atoms. The minimum atomic E-state index is -0.930. The molecule has 12 heteroatoms. The molecule has 5 aromatic rings. The number of methoxy groups -OCH3 is 1. The molecule has 2 aromatic heterocycles. The Morgan fingerprint density at radius 3 is 2.49 bits per heavy atom. The lowest BCUT2D eigenvalue weighted by molar-refractivity contribution is -0.138. The van der Waals surface area contributed by atoms with Crippen molar-refractivity contribution in [1.29, 1.82) is 0 Å². The number of esters is 2. The Kier molecular flexibility index (Phi) is 11.2. The SMILES string of the molecule is C=CCOC(=O)C1=C(C)N=c2sc(=Cc3cn(-c4ccccc4)nc3-c3ccc(OCCCC)c(C)c3)c(=O)n2C1c1ccc(OC(C)=O)c(OC)c1. The van der Waals surface area contributed by atoms with E-state index in [1.807, 2.05) is 67.7 Å². The summed E-state index contributed by atoms with van der Waals surface area (Å²) < 4.78 is 26.0. The van der Waals surface area contributed by atoms with E-state index >= 15 is 0 Å². The highest BCUT2D eigenvalue weighted by Crippen LogP contribution is 2.36. The van der Waals surface area contributed by atoms with E-state index in [-0.39, 0.29) is 29.2 Å². The van der Waals surface area contributed by atoms with Gasteiger partial charge in [-0.2, -0.15) is 5.10 Å². The van der Waals surface area contributed by atoms with E-state index in [1.54, 1.807) is 29.8 Å². The third-order valence-corrected chi connectivity index (χ3v) is 9.57. The fraction of sp³-hybridized carbons (Fsp3) is 0.244. The number of ether oxygens (including phenoxy) is 4. The van der Waals surface area contributed by atoms with E-state index in [2.05, 4.69) is 13.5 Å². The van der Waals surface area contributed by atoms with Crippen LogP contribution in [0.1, 0.15) is 56.3 Å². The van der Waals surface area contributed by atoms with E-state index in [4.69, 9.17) is 29.0 Å². The van der Waals surface area contributed by atoms with Crippen LogP contribution in [0.25, 0.3) is 23.0 Å². The van der Waals surface area contributed by atoms with Gasteiger partial charge in [-0.1, -0.05) is 61.6 Å². The van der Waals surface area contributed by atoms with Crippen LogP contribution >= 0.6 is 11.3 Å². The van der Waals surface area contributed by atoms with Gasteiger partial charge in [0.1, 0.15) is 18.1 Å². The van der Waals surface area contributed by atoms with E-state index in [1.165, 1.54) is 36.0 Å². The van der Waals surface area contributed by atoms with Crippen molar-refractivity contribution >= 4 is 29.4 Å². The van der Waals surface area contributed by atoms with Gasteiger partial charge in [-0.25, -0.2) is 14.5 Å². The van der Waals surface area contributed by atoms with Crippen molar-refractivity contribution in [3.8, 4) is 34.2 Å². The van der Waals surface area contributed by atoms with Gasteiger partial charge in [0.25, 0.3) is 5.56 Å². The van der Waals surface area contributed by atoms with Crippen LogP contribution in [0.5, 0.6) is 17.2 Å². The lowest BCUT2D eigenvalue weighted by Crippen LogP contribution is -2.40. The third-order valence-electron chi connectivity index (χ3n) is 8.58. The number of aryl methyl sites for hydroxylation is 1. The molecule has 11 nitrogen and oxygen atoms in total.